The lowest BCUT2D eigenvalue weighted by atomic mass is 10.1. The lowest BCUT2D eigenvalue weighted by Crippen LogP contribution is -2.36. The maximum absolute atomic E-state index is 11.3. The zero-order valence-corrected chi connectivity index (χ0v) is 12.0. The van der Waals surface area contributed by atoms with Crippen LogP contribution in [-0.4, -0.2) is 45.4 Å². The molecule has 0 radical (unpaired) electrons. The molecule has 0 aromatic heterocycles. The smallest absolute Gasteiger partial charge is 0.312 e. The van der Waals surface area contributed by atoms with Crippen molar-refractivity contribution in [3.05, 3.63) is 29.8 Å². The van der Waals surface area contributed by atoms with Gasteiger partial charge in [-0.1, -0.05) is 12.1 Å². The quantitative estimate of drug-likeness (QED) is 0.500. The topological polar surface area (TPSA) is 122 Å². The van der Waals surface area contributed by atoms with Crippen LogP contribution in [0, 0.1) is 0 Å². The third-order valence-electron chi connectivity index (χ3n) is 2.63. The summed E-state index contributed by atoms with van der Waals surface area (Å²) in [4.78, 5) is 10.6. The number of sulfone groups is 1. The zero-order valence-electron chi connectivity index (χ0n) is 11.2. The Kier molecular flexibility index (Phi) is 5.93. The molecule has 1 unspecified atom stereocenters. The van der Waals surface area contributed by atoms with Crippen LogP contribution in [-0.2, 0) is 9.84 Å². The molecule has 1 aromatic rings. The minimum absolute atomic E-state index is 0.215. The van der Waals surface area contributed by atoms with Crippen molar-refractivity contribution >= 4 is 15.9 Å². The fraction of sp³-hybridized carbons (Fsp3) is 0.417. The number of rotatable bonds is 7. The standard InChI is InChI=1S/C12H19N3O4S/c1-20(18,19)10-4-2-9(3-5-10)11(16)8-14-6-7-15-12(13)17/h2-5,11,14,16H,6-8H2,1H3,(H3,13,15,17). The van der Waals surface area contributed by atoms with E-state index < -0.39 is 22.0 Å². The first kappa shape index (κ1) is 16.4. The van der Waals surface area contributed by atoms with Gasteiger partial charge in [-0.3, -0.25) is 0 Å². The monoisotopic (exact) mass is 301 g/mol. The third kappa shape index (κ3) is 5.55. The first-order chi connectivity index (χ1) is 9.30. The van der Waals surface area contributed by atoms with Gasteiger partial charge in [-0.25, -0.2) is 13.2 Å². The van der Waals surface area contributed by atoms with Crippen LogP contribution < -0.4 is 16.4 Å². The lowest BCUT2D eigenvalue weighted by molar-refractivity contribution is 0.175. The molecule has 1 aromatic carbocycles. The number of hydrogen-bond acceptors (Lipinski definition) is 5. The van der Waals surface area contributed by atoms with Crippen LogP contribution in [0.25, 0.3) is 0 Å². The minimum Gasteiger partial charge on any atom is -0.387 e. The second kappa shape index (κ2) is 7.22. The number of aliphatic hydroxyl groups excluding tert-OH is 1. The van der Waals surface area contributed by atoms with Crippen LogP contribution in [0.4, 0.5) is 4.79 Å². The minimum atomic E-state index is -3.23. The molecule has 0 bridgehead atoms. The number of aliphatic hydroxyl groups is 1. The average molecular weight is 301 g/mol. The van der Waals surface area contributed by atoms with Crippen LogP contribution >= 0.6 is 0 Å². The summed E-state index contributed by atoms with van der Waals surface area (Å²) in [7, 11) is -3.23. The van der Waals surface area contributed by atoms with Crippen molar-refractivity contribution in [2.24, 2.45) is 5.73 Å². The maximum atomic E-state index is 11.3. The van der Waals surface area contributed by atoms with Crippen LogP contribution in [0.5, 0.6) is 0 Å². The second-order valence-corrected chi connectivity index (χ2v) is 6.37. The number of benzene rings is 1. The Balaban J connectivity index is 2.44. The molecule has 8 heteroatoms. The zero-order chi connectivity index (χ0) is 15.2. The number of nitrogens with one attached hydrogen (secondary N) is 2. The van der Waals surface area contributed by atoms with E-state index in [2.05, 4.69) is 10.6 Å². The number of urea groups is 1. The van der Waals surface area contributed by atoms with Gasteiger partial charge in [-0.05, 0) is 17.7 Å². The van der Waals surface area contributed by atoms with Gasteiger partial charge in [0.15, 0.2) is 9.84 Å². The molecule has 1 atom stereocenters. The van der Waals surface area contributed by atoms with E-state index in [9.17, 15) is 18.3 Å². The van der Waals surface area contributed by atoms with Gasteiger partial charge in [0, 0.05) is 25.9 Å². The van der Waals surface area contributed by atoms with Crippen LogP contribution in [0.15, 0.2) is 29.2 Å². The highest BCUT2D eigenvalue weighted by Crippen LogP contribution is 2.15. The van der Waals surface area contributed by atoms with Crippen molar-refractivity contribution in [3.63, 3.8) is 0 Å². The van der Waals surface area contributed by atoms with E-state index in [0.29, 0.717) is 25.2 Å². The van der Waals surface area contributed by atoms with Crippen LogP contribution in [0.2, 0.25) is 0 Å². The molecule has 5 N–H and O–H groups in total. The predicted octanol–water partition coefficient (Wildman–Crippen LogP) is -0.619. The summed E-state index contributed by atoms with van der Waals surface area (Å²) in [6.45, 7) is 1.13. The molecule has 0 heterocycles. The number of hydrogen-bond donors (Lipinski definition) is 4. The lowest BCUT2D eigenvalue weighted by Gasteiger charge is -2.12. The molecular weight excluding hydrogens is 282 g/mol. The van der Waals surface area contributed by atoms with Gasteiger partial charge >= 0.3 is 6.03 Å². The van der Waals surface area contributed by atoms with Gasteiger partial charge in [-0.2, -0.15) is 0 Å². The molecule has 0 saturated heterocycles. The van der Waals surface area contributed by atoms with Crippen LogP contribution in [0.1, 0.15) is 11.7 Å². The normalized spacial score (nSPS) is 12.9. The largest absolute Gasteiger partial charge is 0.387 e. The molecule has 2 amide bonds. The summed E-state index contributed by atoms with van der Waals surface area (Å²) in [5.74, 6) is 0. The Morgan fingerprint density at radius 3 is 2.40 bits per heavy atom. The van der Waals surface area contributed by atoms with Gasteiger partial charge in [-0.15, -0.1) is 0 Å². The van der Waals surface area contributed by atoms with E-state index in [0.717, 1.165) is 6.26 Å². The third-order valence-corrected chi connectivity index (χ3v) is 3.76. The Morgan fingerprint density at radius 2 is 1.90 bits per heavy atom. The average Bonchev–Trinajstić information content (AvgIpc) is 2.37. The first-order valence-electron chi connectivity index (χ1n) is 6.03. The number of primary amides is 1. The molecule has 7 nitrogen and oxygen atoms in total. The highest BCUT2D eigenvalue weighted by atomic mass is 32.2. The van der Waals surface area contributed by atoms with E-state index in [1.807, 2.05) is 0 Å². The molecule has 0 aliphatic rings. The van der Waals surface area contributed by atoms with Crippen LogP contribution in [0.3, 0.4) is 0 Å². The summed E-state index contributed by atoms with van der Waals surface area (Å²) in [5, 5.41) is 15.3. The Bertz CT molecular complexity index is 542. The van der Waals surface area contributed by atoms with Crippen molar-refractivity contribution in [3.8, 4) is 0 Å². The maximum Gasteiger partial charge on any atom is 0.312 e. The number of amides is 2. The molecule has 0 saturated carbocycles. The van der Waals surface area contributed by atoms with Gasteiger partial charge in [0.2, 0.25) is 0 Å². The van der Waals surface area contributed by atoms with Crippen molar-refractivity contribution in [1.82, 2.24) is 10.6 Å². The van der Waals surface area contributed by atoms with E-state index >= 15 is 0 Å². The van der Waals surface area contributed by atoms with Gasteiger partial charge < -0.3 is 21.5 Å². The SMILES string of the molecule is CS(=O)(=O)c1ccc(C(O)CNCCNC(N)=O)cc1. The van der Waals surface area contributed by atoms with E-state index in [1.165, 1.54) is 12.1 Å². The summed E-state index contributed by atoms with van der Waals surface area (Å²) in [5.41, 5.74) is 5.52. The Morgan fingerprint density at radius 1 is 1.30 bits per heavy atom. The van der Waals surface area contributed by atoms with Crippen molar-refractivity contribution in [1.29, 1.82) is 0 Å². The molecular formula is C12H19N3O4S. The van der Waals surface area contributed by atoms with Gasteiger partial charge in [0.1, 0.15) is 0 Å². The molecule has 0 aliphatic heterocycles. The fourth-order valence-corrected chi connectivity index (χ4v) is 2.20. The van der Waals surface area contributed by atoms with E-state index in [4.69, 9.17) is 5.73 Å². The molecule has 112 valence electrons. The van der Waals surface area contributed by atoms with Crippen molar-refractivity contribution in [2.75, 3.05) is 25.9 Å². The summed E-state index contributed by atoms with van der Waals surface area (Å²) < 4.78 is 22.6. The molecule has 0 spiro atoms. The number of carbonyl (C=O) groups is 1. The van der Waals surface area contributed by atoms with Gasteiger partial charge in [0.25, 0.3) is 0 Å². The van der Waals surface area contributed by atoms with E-state index in [1.54, 1.807) is 12.1 Å². The predicted molar refractivity (Wildman–Crippen MR) is 75.0 cm³/mol. The highest BCUT2D eigenvalue weighted by molar-refractivity contribution is 7.90. The summed E-state index contributed by atoms with van der Waals surface area (Å²) in [6.07, 6.45) is 0.378. The Hall–Kier alpha value is -1.64. The second-order valence-electron chi connectivity index (χ2n) is 4.35. The summed E-state index contributed by atoms with van der Waals surface area (Å²) in [6, 6.07) is 5.48. The van der Waals surface area contributed by atoms with Crippen molar-refractivity contribution < 1.29 is 18.3 Å². The molecule has 20 heavy (non-hydrogen) atoms. The number of nitrogens with two attached hydrogens (primary N) is 1. The summed E-state index contributed by atoms with van der Waals surface area (Å²) >= 11 is 0. The fourth-order valence-electron chi connectivity index (χ4n) is 1.57. The Labute approximate surface area is 118 Å². The molecule has 0 fully saturated rings. The van der Waals surface area contributed by atoms with Gasteiger partial charge in [0.05, 0.1) is 11.0 Å². The van der Waals surface area contributed by atoms with Crippen molar-refractivity contribution in [2.45, 2.75) is 11.0 Å². The molecule has 1 rings (SSSR count). The molecule has 0 aliphatic carbocycles. The number of carbonyl (C=O) groups excluding carboxylic acids is 1. The van der Waals surface area contributed by atoms with E-state index in [-0.39, 0.29) is 4.90 Å². The highest BCUT2D eigenvalue weighted by Gasteiger charge is 2.10. The first-order valence-corrected chi connectivity index (χ1v) is 7.92.